The van der Waals surface area contributed by atoms with Gasteiger partial charge in [0.1, 0.15) is 5.75 Å². The van der Waals surface area contributed by atoms with Crippen molar-refractivity contribution < 1.29 is 9.53 Å². The number of halogens is 2. The Labute approximate surface area is 126 Å². The zero-order chi connectivity index (χ0) is 14.5. The second-order valence-electron chi connectivity index (χ2n) is 4.03. The molecule has 2 rings (SSSR count). The lowest BCUT2D eigenvalue weighted by Gasteiger charge is -2.08. The van der Waals surface area contributed by atoms with Crippen molar-refractivity contribution in [2.75, 3.05) is 17.7 Å². The summed E-state index contributed by atoms with van der Waals surface area (Å²) < 4.78 is 5.32. The van der Waals surface area contributed by atoms with Crippen LogP contribution in [-0.2, 0) is 4.79 Å². The van der Waals surface area contributed by atoms with E-state index in [-0.39, 0.29) is 12.5 Å². The molecule has 104 valence electrons. The first-order valence-electron chi connectivity index (χ1n) is 5.78. The number of carbonyl (C=O) groups is 1. The van der Waals surface area contributed by atoms with Crippen LogP contribution in [0.25, 0.3) is 0 Å². The molecule has 0 aliphatic carbocycles. The number of nitrogens with one attached hydrogen (secondary N) is 1. The van der Waals surface area contributed by atoms with Gasteiger partial charge >= 0.3 is 0 Å². The molecule has 0 bridgehead atoms. The molecule has 0 aliphatic rings. The highest BCUT2D eigenvalue weighted by Crippen LogP contribution is 2.22. The zero-order valence-corrected chi connectivity index (χ0v) is 11.9. The first kappa shape index (κ1) is 14.5. The molecule has 0 fully saturated rings. The van der Waals surface area contributed by atoms with Gasteiger partial charge in [-0.1, -0.05) is 23.2 Å². The molecular formula is C14H12Cl2N2O2. The third-order valence-corrected chi connectivity index (χ3v) is 3.06. The number of benzene rings is 2. The van der Waals surface area contributed by atoms with Crippen molar-refractivity contribution in [2.45, 2.75) is 0 Å². The number of nitrogen functional groups attached to an aromatic ring is 1. The summed E-state index contributed by atoms with van der Waals surface area (Å²) in [6, 6.07) is 11.6. The highest BCUT2D eigenvalue weighted by Gasteiger charge is 2.05. The van der Waals surface area contributed by atoms with Crippen LogP contribution in [0, 0.1) is 0 Å². The Hall–Kier alpha value is -1.91. The Kier molecular flexibility index (Phi) is 4.71. The molecule has 6 heteroatoms. The smallest absolute Gasteiger partial charge is 0.262 e. The number of ether oxygens (including phenoxy) is 1. The largest absolute Gasteiger partial charge is 0.484 e. The van der Waals surface area contributed by atoms with Crippen molar-refractivity contribution in [2.24, 2.45) is 0 Å². The number of amides is 1. The molecule has 2 aromatic rings. The van der Waals surface area contributed by atoms with Gasteiger partial charge in [0, 0.05) is 10.7 Å². The van der Waals surface area contributed by atoms with Crippen LogP contribution in [0.3, 0.4) is 0 Å². The van der Waals surface area contributed by atoms with Crippen LogP contribution in [0.15, 0.2) is 42.5 Å². The Morgan fingerprint density at radius 3 is 2.50 bits per heavy atom. The average molecular weight is 311 g/mol. The van der Waals surface area contributed by atoms with E-state index in [0.717, 1.165) is 0 Å². The van der Waals surface area contributed by atoms with Crippen LogP contribution >= 0.6 is 23.2 Å². The third kappa shape index (κ3) is 4.05. The lowest BCUT2D eigenvalue weighted by Crippen LogP contribution is -2.20. The number of carbonyl (C=O) groups excluding carboxylic acids is 1. The van der Waals surface area contributed by atoms with E-state index in [1.807, 2.05) is 0 Å². The lowest BCUT2D eigenvalue weighted by atomic mass is 10.3. The Bertz CT molecular complexity index is 615. The van der Waals surface area contributed by atoms with E-state index >= 15 is 0 Å². The van der Waals surface area contributed by atoms with Crippen molar-refractivity contribution in [1.29, 1.82) is 0 Å². The molecule has 1 amide bonds. The van der Waals surface area contributed by atoms with Crippen LogP contribution in [0.5, 0.6) is 5.75 Å². The molecule has 0 saturated heterocycles. The molecule has 0 aromatic heterocycles. The van der Waals surface area contributed by atoms with Gasteiger partial charge in [-0.25, -0.2) is 0 Å². The third-order valence-electron chi connectivity index (χ3n) is 2.46. The Balaban J connectivity index is 1.89. The van der Waals surface area contributed by atoms with E-state index in [1.54, 1.807) is 42.5 Å². The minimum Gasteiger partial charge on any atom is -0.484 e. The molecular weight excluding hydrogens is 299 g/mol. The topological polar surface area (TPSA) is 64.3 Å². The lowest BCUT2D eigenvalue weighted by molar-refractivity contribution is -0.118. The van der Waals surface area contributed by atoms with Crippen LogP contribution < -0.4 is 15.8 Å². The first-order valence-corrected chi connectivity index (χ1v) is 6.53. The van der Waals surface area contributed by atoms with Gasteiger partial charge < -0.3 is 15.8 Å². The maximum Gasteiger partial charge on any atom is 0.262 e. The second-order valence-corrected chi connectivity index (χ2v) is 4.87. The van der Waals surface area contributed by atoms with Crippen molar-refractivity contribution >= 4 is 40.5 Å². The molecule has 0 unspecified atom stereocenters. The van der Waals surface area contributed by atoms with Crippen LogP contribution in [0.2, 0.25) is 10.0 Å². The van der Waals surface area contributed by atoms with Crippen LogP contribution in [0.4, 0.5) is 11.4 Å². The number of anilines is 2. The van der Waals surface area contributed by atoms with Gasteiger partial charge in [0.15, 0.2) is 6.61 Å². The normalized spacial score (nSPS) is 10.1. The minimum absolute atomic E-state index is 0.107. The van der Waals surface area contributed by atoms with Crippen molar-refractivity contribution in [3.05, 3.63) is 52.5 Å². The van der Waals surface area contributed by atoms with Crippen molar-refractivity contribution in [1.82, 2.24) is 0 Å². The molecule has 0 spiro atoms. The average Bonchev–Trinajstić information content (AvgIpc) is 2.42. The van der Waals surface area contributed by atoms with Crippen LogP contribution in [0.1, 0.15) is 0 Å². The molecule has 0 aliphatic heterocycles. The summed E-state index contributed by atoms with van der Waals surface area (Å²) in [4.78, 5) is 11.7. The fourth-order valence-electron chi connectivity index (χ4n) is 1.50. The highest BCUT2D eigenvalue weighted by atomic mass is 35.5. The molecule has 3 N–H and O–H groups in total. The van der Waals surface area contributed by atoms with Crippen LogP contribution in [-0.4, -0.2) is 12.5 Å². The van der Waals surface area contributed by atoms with E-state index in [9.17, 15) is 4.79 Å². The van der Waals surface area contributed by atoms with E-state index in [4.69, 9.17) is 33.7 Å². The summed E-state index contributed by atoms with van der Waals surface area (Å²) in [5.74, 6) is 0.279. The minimum atomic E-state index is -0.290. The maximum atomic E-state index is 11.7. The molecule has 4 nitrogen and oxygen atoms in total. The van der Waals surface area contributed by atoms with Gasteiger partial charge in [-0.2, -0.15) is 0 Å². The van der Waals surface area contributed by atoms with Gasteiger partial charge in [0.25, 0.3) is 5.91 Å². The number of nitrogens with two attached hydrogens (primary N) is 1. The first-order chi connectivity index (χ1) is 9.54. The summed E-state index contributed by atoms with van der Waals surface area (Å²) >= 11 is 11.5. The summed E-state index contributed by atoms with van der Waals surface area (Å²) in [6.07, 6.45) is 0. The molecule has 0 radical (unpaired) electrons. The predicted molar refractivity (Wildman–Crippen MR) is 81.4 cm³/mol. The molecule has 2 aromatic carbocycles. The highest BCUT2D eigenvalue weighted by molar-refractivity contribution is 6.33. The molecule has 20 heavy (non-hydrogen) atoms. The van der Waals surface area contributed by atoms with Gasteiger partial charge in [-0.15, -0.1) is 0 Å². The maximum absolute atomic E-state index is 11.7. The fourth-order valence-corrected chi connectivity index (χ4v) is 1.74. The van der Waals surface area contributed by atoms with E-state index in [0.29, 0.717) is 27.2 Å². The predicted octanol–water partition coefficient (Wildman–Crippen LogP) is 3.59. The zero-order valence-electron chi connectivity index (χ0n) is 10.4. The van der Waals surface area contributed by atoms with Crippen molar-refractivity contribution in [3.63, 3.8) is 0 Å². The molecule has 0 heterocycles. The van der Waals surface area contributed by atoms with E-state index < -0.39 is 0 Å². The standard InChI is InChI=1S/C14H12Cl2N2O2/c15-9-1-4-11(5-2-9)20-8-14(19)18-10-3-6-12(16)13(17)7-10/h1-7H,8,17H2,(H,18,19). The summed E-state index contributed by atoms with van der Waals surface area (Å²) in [5, 5.41) is 3.72. The van der Waals surface area contributed by atoms with Gasteiger partial charge in [-0.05, 0) is 42.5 Å². The van der Waals surface area contributed by atoms with Gasteiger partial charge in [-0.3, -0.25) is 4.79 Å². The number of hydrogen-bond donors (Lipinski definition) is 2. The monoisotopic (exact) mass is 310 g/mol. The fraction of sp³-hybridized carbons (Fsp3) is 0.0714. The van der Waals surface area contributed by atoms with Gasteiger partial charge in [0.2, 0.25) is 0 Å². The SMILES string of the molecule is Nc1cc(NC(=O)COc2ccc(Cl)cc2)ccc1Cl. The van der Waals surface area contributed by atoms with Gasteiger partial charge in [0.05, 0.1) is 10.7 Å². The quantitative estimate of drug-likeness (QED) is 0.848. The summed E-state index contributed by atoms with van der Waals surface area (Å²) in [7, 11) is 0. The Morgan fingerprint density at radius 1 is 1.15 bits per heavy atom. The summed E-state index contributed by atoms with van der Waals surface area (Å²) in [6.45, 7) is -0.107. The summed E-state index contributed by atoms with van der Waals surface area (Å²) in [5.41, 5.74) is 6.62. The Morgan fingerprint density at radius 2 is 1.85 bits per heavy atom. The van der Waals surface area contributed by atoms with Crippen molar-refractivity contribution in [3.8, 4) is 5.75 Å². The second kappa shape index (κ2) is 6.50. The number of hydrogen-bond acceptors (Lipinski definition) is 3. The molecule has 0 saturated carbocycles. The number of rotatable bonds is 4. The van der Waals surface area contributed by atoms with E-state index in [1.165, 1.54) is 0 Å². The van der Waals surface area contributed by atoms with E-state index in [2.05, 4.69) is 5.32 Å². The molecule has 0 atom stereocenters.